The molecule has 2 heterocycles. The molecule has 2 aliphatic rings. The molecular formula is C56H101NO13. The number of rotatable bonds is 43. The highest BCUT2D eigenvalue weighted by Crippen LogP contribution is 2.30. The Morgan fingerprint density at radius 1 is 0.514 bits per heavy atom. The number of aliphatic hydroxyl groups excluding tert-OH is 8. The van der Waals surface area contributed by atoms with Gasteiger partial charge >= 0.3 is 0 Å². The van der Waals surface area contributed by atoms with Crippen LogP contribution in [0.15, 0.2) is 48.6 Å². The topological polar surface area (TPSA) is 228 Å². The lowest BCUT2D eigenvalue weighted by Gasteiger charge is -2.46. The minimum atomic E-state index is -1.79. The zero-order chi connectivity index (χ0) is 51.0. The Morgan fingerprint density at radius 2 is 0.986 bits per heavy atom. The Labute approximate surface area is 423 Å². The van der Waals surface area contributed by atoms with Gasteiger partial charge in [0, 0.05) is 6.42 Å². The molecule has 12 atom stereocenters. The second-order valence-corrected chi connectivity index (χ2v) is 19.7. The molecule has 408 valence electrons. The predicted molar refractivity (Wildman–Crippen MR) is 277 cm³/mol. The standard InChI is InChI=1S/C56H101NO13/c1-3-5-7-9-11-12-13-14-15-16-17-18-19-20-21-22-23-24-25-26-27-28-29-30-31-32-34-36-38-40-48(61)57-44(45(60)39-37-35-33-10-8-6-4-2)43-67-55-53(66)51(64)54(47(42-59)69-55)70-56-52(65)50(63)49(62)46(41-58)68-56/h8,10,13-14,16-17,37,39,44-47,49-56,58-60,62-66H,3-7,9,11-12,15,18-36,38,40-43H2,1-2H3,(H,57,61)/b10-8+,14-13-,17-16-,39-37+. The van der Waals surface area contributed by atoms with Crippen molar-refractivity contribution in [3.63, 3.8) is 0 Å². The average Bonchev–Trinajstić information content (AvgIpc) is 3.36. The maximum Gasteiger partial charge on any atom is 0.220 e. The number of hydrogen-bond acceptors (Lipinski definition) is 13. The van der Waals surface area contributed by atoms with Crippen LogP contribution in [0.25, 0.3) is 0 Å². The minimum absolute atomic E-state index is 0.254. The molecule has 0 saturated carbocycles. The van der Waals surface area contributed by atoms with Gasteiger partial charge in [-0.2, -0.15) is 0 Å². The third-order valence-corrected chi connectivity index (χ3v) is 13.5. The van der Waals surface area contributed by atoms with Gasteiger partial charge in [-0.3, -0.25) is 4.79 Å². The molecular weight excluding hydrogens is 895 g/mol. The summed E-state index contributed by atoms with van der Waals surface area (Å²) < 4.78 is 22.6. The predicted octanol–water partition coefficient (Wildman–Crippen LogP) is 8.44. The van der Waals surface area contributed by atoms with Gasteiger partial charge in [0.15, 0.2) is 12.6 Å². The molecule has 0 aromatic rings. The number of carbonyl (C=O) groups is 1. The molecule has 0 aliphatic carbocycles. The first-order valence-corrected chi connectivity index (χ1v) is 27.9. The second-order valence-electron chi connectivity index (χ2n) is 19.7. The first kappa shape index (κ1) is 64.1. The van der Waals surface area contributed by atoms with Gasteiger partial charge in [-0.05, 0) is 57.8 Å². The number of allylic oxidation sites excluding steroid dienone is 7. The number of nitrogens with one attached hydrogen (secondary N) is 1. The summed E-state index contributed by atoms with van der Waals surface area (Å²) in [4.78, 5) is 13.1. The fraction of sp³-hybridized carbons (Fsp3) is 0.839. The molecule has 9 N–H and O–H groups in total. The fourth-order valence-electron chi connectivity index (χ4n) is 8.93. The van der Waals surface area contributed by atoms with Crippen LogP contribution in [0.2, 0.25) is 0 Å². The molecule has 2 saturated heterocycles. The first-order chi connectivity index (χ1) is 34.1. The highest BCUT2D eigenvalue weighted by Gasteiger charge is 2.51. The molecule has 0 aromatic carbocycles. The van der Waals surface area contributed by atoms with Crippen molar-refractivity contribution < 1.29 is 64.6 Å². The quantitative estimate of drug-likeness (QED) is 0.0207. The number of amides is 1. The van der Waals surface area contributed by atoms with E-state index in [9.17, 15) is 45.6 Å². The van der Waals surface area contributed by atoms with E-state index in [-0.39, 0.29) is 18.9 Å². The molecule has 1 amide bonds. The summed E-state index contributed by atoms with van der Waals surface area (Å²) in [7, 11) is 0. The van der Waals surface area contributed by atoms with Gasteiger partial charge in [0.2, 0.25) is 5.91 Å². The molecule has 2 fully saturated rings. The van der Waals surface area contributed by atoms with Crippen LogP contribution in [-0.2, 0) is 23.7 Å². The zero-order valence-electron chi connectivity index (χ0n) is 43.5. The van der Waals surface area contributed by atoms with Crippen LogP contribution >= 0.6 is 0 Å². The maximum absolute atomic E-state index is 13.1. The molecule has 2 aliphatic heterocycles. The van der Waals surface area contributed by atoms with Crippen LogP contribution in [-0.4, -0.2) is 140 Å². The van der Waals surface area contributed by atoms with Crippen molar-refractivity contribution in [3.05, 3.63) is 48.6 Å². The molecule has 0 radical (unpaired) electrons. The van der Waals surface area contributed by atoms with Gasteiger partial charge in [0.25, 0.3) is 0 Å². The zero-order valence-corrected chi connectivity index (χ0v) is 43.5. The van der Waals surface area contributed by atoms with Gasteiger partial charge in [-0.1, -0.05) is 191 Å². The molecule has 0 spiro atoms. The van der Waals surface area contributed by atoms with E-state index in [0.29, 0.717) is 12.8 Å². The van der Waals surface area contributed by atoms with E-state index in [1.54, 1.807) is 6.08 Å². The number of aliphatic hydroxyl groups is 8. The Balaban J connectivity index is 1.62. The smallest absolute Gasteiger partial charge is 0.220 e. The summed E-state index contributed by atoms with van der Waals surface area (Å²) in [5, 5.41) is 86.5. The number of ether oxygens (including phenoxy) is 4. The maximum atomic E-state index is 13.1. The molecule has 14 nitrogen and oxygen atoms in total. The van der Waals surface area contributed by atoms with Crippen molar-refractivity contribution in [2.45, 2.75) is 280 Å². The van der Waals surface area contributed by atoms with E-state index in [1.807, 2.05) is 6.08 Å². The van der Waals surface area contributed by atoms with Crippen molar-refractivity contribution in [2.75, 3.05) is 19.8 Å². The highest BCUT2D eigenvalue weighted by atomic mass is 16.7. The number of unbranched alkanes of at least 4 members (excludes halogenated alkanes) is 24. The van der Waals surface area contributed by atoms with Crippen molar-refractivity contribution in [3.8, 4) is 0 Å². The van der Waals surface area contributed by atoms with Crippen molar-refractivity contribution >= 4 is 5.91 Å². The number of hydrogen-bond donors (Lipinski definition) is 9. The minimum Gasteiger partial charge on any atom is -0.394 e. The van der Waals surface area contributed by atoms with Crippen LogP contribution < -0.4 is 5.32 Å². The van der Waals surface area contributed by atoms with E-state index >= 15 is 0 Å². The van der Waals surface area contributed by atoms with Gasteiger partial charge in [-0.25, -0.2) is 0 Å². The Hall–Kier alpha value is -2.05. The van der Waals surface area contributed by atoms with E-state index < -0.39 is 86.8 Å². The summed E-state index contributed by atoms with van der Waals surface area (Å²) >= 11 is 0. The number of carbonyl (C=O) groups excluding carboxylic acids is 1. The summed E-state index contributed by atoms with van der Waals surface area (Å²) in [6.07, 6.45) is 35.0. The lowest BCUT2D eigenvalue weighted by molar-refractivity contribution is -0.359. The third-order valence-electron chi connectivity index (χ3n) is 13.5. The Bertz CT molecular complexity index is 1360. The van der Waals surface area contributed by atoms with Crippen molar-refractivity contribution in [1.82, 2.24) is 5.32 Å². The monoisotopic (exact) mass is 996 g/mol. The molecule has 0 bridgehead atoms. The lowest BCUT2D eigenvalue weighted by Crippen LogP contribution is -2.65. The van der Waals surface area contributed by atoms with Crippen molar-refractivity contribution in [2.24, 2.45) is 0 Å². The van der Waals surface area contributed by atoms with Gasteiger partial charge < -0.3 is 65.1 Å². The van der Waals surface area contributed by atoms with E-state index in [2.05, 4.69) is 55.6 Å². The van der Waals surface area contributed by atoms with E-state index in [4.69, 9.17) is 18.9 Å². The largest absolute Gasteiger partial charge is 0.394 e. The average molecular weight is 996 g/mol. The normalized spacial score (nSPS) is 26.3. The third kappa shape index (κ3) is 28.4. The van der Waals surface area contributed by atoms with Gasteiger partial charge in [-0.15, -0.1) is 0 Å². The van der Waals surface area contributed by atoms with Crippen LogP contribution in [0.1, 0.15) is 206 Å². The second kappa shape index (κ2) is 42.3. The molecule has 2 rings (SSSR count). The fourth-order valence-corrected chi connectivity index (χ4v) is 8.93. The Kier molecular flexibility index (Phi) is 38.7. The van der Waals surface area contributed by atoms with Crippen molar-refractivity contribution in [1.29, 1.82) is 0 Å². The van der Waals surface area contributed by atoms with Crippen LogP contribution in [0.5, 0.6) is 0 Å². The van der Waals surface area contributed by atoms with Gasteiger partial charge in [0.05, 0.1) is 32.0 Å². The summed E-state index contributed by atoms with van der Waals surface area (Å²) in [6, 6.07) is -0.928. The van der Waals surface area contributed by atoms with E-state index in [1.165, 1.54) is 128 Å². The summed E-state index contributed by atoms with van der Waals surface area (Å²) in [5.41, 5.74) is 0. The molecule has 70 heavy (non-hydrogen) atoms. The van der Waals surface area contributed by atoms with E-state index in [0.717, 1.165) is 44.9 Å². The van der Waals surface area contributed by atoms with Crippen LogP contribution in [0, 0.1) is 0 Å². The van der Waals surface area contributed by atoms with Crippen LogP contribution in [0.3, 0.4) is 0 Å². The highest BCUT2D eigenvalue weighted by molar-refractivity contribution is 5.76. The SMILES string of the molecule is CCC/C=C/CC/C=C/C(O)C(COC1OC(CO)C(OC2OC(CO)C(O)C(O)C2O)C(O)C1O)NC(=O)CCCCCCCCCCCCCCCCCCC/C=C\C/C=C\CCCCCCC. The van der Waals surface area contributed by atoms with Gasteiger partial charge in [0.1, 0.15) is 48.8 Å². The molecule has 14 heteroatoms. The lowest BCUT2D eigenvalue weighted by atomic mass is 9.97. The molecule has 12 unspecified atom stereocenters. The Morgan fingerprint density at radius 3 is 1.53 bits per heavy atom. The first-order valence-electron chi connectivity index (χ1n) is 27.9. The summed E-state index contributed by atoms with van der Waals surface area (Å²) in [6.45, 7) is 2.64. The summed E-state index contributed by atoms with van der Waals surface area (Å²) in [5.74, 6) is -0.254. The van der Waals surface area contributed by atoms with Crippen LogP contribution in [0.4, 0.5) is 0 Å². The molecule has 0 aromatic heterocycles.